The maximum atomic E-state index is 12.3. The van der Waals surface area contributed by atoms with Gasteiger partial charge in [0.25, 0.3) is 0 Å². The number of aliphatic hydroxyl groups excluding tert-OH is 1. The van der Waals surface area contributed by atoms with Gasteiger partial charge in [-0.05, 0) is 35.7 Å². The van der Waals surface area contributed by atoms with E-state index < -0.39 is 0 Å². The molecule has 0 spiro atoms. The van der Waals surface area contributed by atoms with Gasteiger partial charge in [0.2, 0.25) is 5.91 Å². The van der Waals surface area contributed by atoms with Crippen molar-refractivity contribution in [2.45, 2.75) is 19.4 Å². The summed E-state index contributed by atoms with van der Waals surface area (Å²) in [5.74, 6) is 2.15. The van der Waals surface area contributed by atoms with Crippen LogP contribution in [0.1, 0.15) is 16.7 Å². The van der Waals surface area contributed by atoms with Gasteiger partial charge in [-0.1, -0.05) is 12.1 Å². The van der Waals surface area contributed by atoms with E-state index in [2.05, 4.69) is 5.32 Å². The lowest BCUT2D eigenvalue weighted by Gasteiger charge is -2.15. The highest BCUT2D eigenvalue weighted by molar-refractivity contribution is 5.79. The first-order valence-corrected chi connectivity index (χ1v) is 8.89. The predicted octanol–water partition coefficient (Wildman–Crippen LogP) is 2.11. The topological polar surface area (TPSA) is 86.3 Å². The number of hydrogen-bond acceptors (Lipinski definition) is 6. The minimum absolute atomic E-state index is 0.137. The number of hydrogen-bond donors (Lipinski definition) is 2. The SMILES string of the molecule is COc1ccc(CCNC(=O)Cc2ccc(OC)c(OC)c2CO)cc1OC. The molecule has 0 saturated carbocycles. The number of aliphatic hydroxyl groups is 1. The van der Waals surface area contributed by atoms with E-state index in [0.29, 0.717) is 47.1 Å². The molecule has 0 radical (unpaired) electrons. The van der Waals surface area contributed by atoms with Crippen LogP contribution in [0.15, 0.2) is 30.3 Å². The lowest BCUT2D eigenvalue weighted by molar-refractivity contribution is -0.120. The van der Waals surface area contributed by atoms with Crippen LogP contribution in [0.4, 0.5) is 0 Å². The number of amides is 1. The van der Waals surface area contributed by atoms with Crippen LogP contribution in [0.3, 0.4) is 0 Å². The van der Waals surface area contributed by atoms with Crippen molar-refractivity contribution in [3.05, 3.63) is 47.0 Å². The van der Waals surface area contributed by atoms with E-state index in [1.807, 2.05) is 18.2 Å². The van der Waals surface area contributed by atoms with Gasteiger partial charge < -0.3 is 29.4 Å². The Kier molecular flexibility index (Phi) is 7.95. The van der Waals surface area contributed by atoms with Crippen LogP contribution in [0.5, 0.6) is 23.0 Å². The first-order valence-electron chi connectivity index (χ1n) is 8.89. The predicted molar refractivity (Wildman–Crippen MR) is 105 cm³/mol. The number of nitrogens with one attached hydrogen (secondary N) is 1. The highest BCUT2D eigenvalue weighted by Crippen LogP contribution is 2.33. The molecule has 7 heteroatoms. The Bertz CT molecular complexity index is 806. The molecule has 0 atom stereocenters. The van der Waals surface area contributed by atoms with Crippen LogP contribution in [-0.2, 0) is 24.2 Å². The van der Waals surface area contributed by atoms with Gasteiger partial charge in [0.15, 0.2) is 23.0 Å². The number of carbonyl (C=O) groups excluding carboxylic acids is 1. The molecular weight excluding hydrogens is 362 g/mol. The zero-order valence-electron chi connectivity index (χ0n) is 16.7. The molecule has 152 valence electrons. The van der Waals surface area contributed by atoms with E-state index in [1.54, 1.807) is 26.4 Å². The summed E-state index contributed by atoms with van der Waals surface area (Å²) in [7, 11) is 6.21. The molecule has 0 bridgehead atoms. The zero-order chi connectivity index (χ0) is 20.5. The molecule has 0 heterocycles. The third-order valence-corrected chi connectivity index (χ3v) is 4.44. The molecular formula is C21H27NO6. The normalized spacial score (nSPS) is 10.3. The maximum absolute atomic E-state index is 12.3. The number of carbonyl (C=O) groups is 1. The fourth-order valence-corrected chi connectivity index (χ4v) is 2.99. The molecule has 2 aromatic carbocycles. The Labute approximate surface area is 165 Å². The van der Waals surface area contributed by atoms with Crippen molar-refractivity contribution < 1.29 is 28.8 Å². The number of rotatable bonds is 10. The quantitative estimate of drug-likeness (QED) is 0.647. The molecule has 0 saturated heterocycles. The lowest BCUT2D eigenvalue weighted by atomic mass is 10.0. The molecule has 2 rings (SSSR count). The van der Waals surface area contributed by atoms with Gasteiger partial charge in [0.1, 0.15) is 0 Å². The zero-order valence-corrected chi connectivity index (χ0v) is 16.7. The number of ether oxygens (including phenoxy) is 4. The second-order valence-corrected chi connectivity index (χ2v) is 6.06. The largest absolute Gasteiger partial charge is 0.493 e. The van der Waals surface area contributed by atoms with Gasteiger partial charge in [-0.15, -0.1) is 0 Å². The van der Waals surface area contributed by atoms with Crippen LogP contribution in [0.2, 0.25) is 0 Å². The first-order chi connectivity index (χ1) is 13.6. The van der Waals surface area contributed by atoms with Crippen molar-refractivity contribution in [2.24, 2.45) is 0 Å². The van der Waals surface area contributed by atoms with E-state index in [-0.39, 0.29) is 18.9 Å². The molecule has 7 nitrogen and oxygen atoms in total. The van der Waals surface area contributed by atoms with E-state index in [4.69, 9.17) is 18.9 Å². The van der Waals surface area contributed by atoms with Gasteiger partial charge in [-0.3, -0.25) is 4.79 Å². The summed E-state index contributed by atoms with van der Waals surface area (Å²) in [6, 6.07) is 9.16. The van der Waals surface area contributed by atoms with E-state index in [0.717, 1.165) is 5.56 Å². The van der Waals surface area contributed by atoms with Gasteiger partial charge in [-0.2, -0.15) is 0 Å². The summed E-state index contributed by atoms with van der Waals surface area (Å²) in [4.78, 5) is 12.3. The Morgan fingerprint density at radius 3 is 2.21 bits per heavy atom. The lowest BCUT2D eigenvalue weighted by Crippen LogP contribution is -2.27. The fraction of sp³-hybridized carbons (Fsp3) is 0.381. The molecule has 0 fully saturated rings. The van der Waals surface area contributed by atoms with Crippen molar-refractivity contribution >= 4 is 5.91 Å². The molecule has 0 aliphatic carbocycles. The van der Waals surface area contributed by atoms with E-state index in [1.165, 1.54) is 14.2 Å². The van der Waals surface area contributed by atoms with Crippen molar-refractivity contribution in [3.63, 3.8) is 0 Å². The summed E-state index contributed by atoms with van der Waals surface area (Å²) in [5.41, 5.74) is 2.28. The molecule has 0 unspecified atom stereocenters. The van der Waals surface area contributed by atoms with Gasteiger partial charge in [0.05, 0.1) is 41.5 Å². The van der Waals surface area contributed by atoms with E-state index in [9.17, 15) is 9.90 Å². The average Bonchev–Trinajstić information content (AvgIpc) is 2.72. The Morgan fingerprint density at radius 1 is 0.929 bits per heavy atom. The molecule has 1 amide bonds. The molecule has 0 aliphatic heterocycles. The summed E-state index contributed by atoms with van der Waals surface area (Å²) < 4.78 is 21.1. The maximum Gasteiger partial charge on any atom is 0.224 e. The average molecular weight is 389 g/mol. The number of methoxy groups -OCH3 is 4. The van der Waals surface area contributed by atoms with Gasteiger partial charge >= 0.3 is 0 Å². The minimum atomic E-state index is -0.241. The highest BCUT2D eigenvalue weighted by Gasteiger charge is 2.16. The van der Waals surface area contributed by atoms with Crippen LogP contribution in [0.25, 0.3) is 0 Å². The second-order valence-electron chi connectivity index (χ2n) is 6.06. The monoisotopic (exact) mass is 389 g/mol. The smallest absolute Gasteiger partial charge is 0.224 e. The summed E-state index contributed by atoms with van der Waals surface area (Å²) in [5, 5.41) is 12.6. The Balaban J connectivity index is 1.98. The third kappa shape index (κ3) is 5.07. The molecule has 28 heavy (non-hydrogen) atoms. The molecule has 0 aromatic heterocycles. The van der Waals surface area contributed by atoms with Crippen LogP contribution >= 0.6 is 0 Å². The second kappa shape index (κ2) is 10.4. The first kappa shape index (κ1) is 21.4. The Hall–Kier alpha value is -2.93. The van der Waals surface area contributed by atoms with Gasteiger partial charge in [0, 0.05) is 12.1 Å². The van der Waals surface area contributed by atoms with Crippen LogP contribution < -0.4 is 24.3 Å². The van der Waals surface area contributed by atoms with Crippen molar-refractivity contribution in [2.75, 3.05) is 35.0 Å². The minimum Gasteiger partial charge on any atom is -0.493 e. The fourth-order valence-electron chi connectivity index (χ4n) is 2.99. The molecule has 0 aliphatic rings. The van der Waals surface area contributed by atoms with Crippen LogP contribution in [0, 0.1) is 0 Å². The third-order valence-electron chi connectivity index (χ3n) is 4.44. The number of benzene rings is 2. The van der Waals surface area contributed by atoms with E-state index >= 15 is 0 Å². The summed E-state index contributed by atoms with van der Waals surface area (Å²) >= 11 is 0. The Morgan fingerprint density at radius 2 is 1.61 bits per heavy atom. The standard InChI is InChI=1S/C21H27NO6/c1-25-17-7-5-14(11-19(17)27-3)9-10-22-20(24)12-15-6-8-18(26-2)21(28-4)16(15)13-23/h5-8,11,23H,9-10,12-13H2,1-4H3,(H,22,24). The van der Waals surface area contributed by atoms with Crippen LogP contribution in [-0.4, -0.2) is 46.0 Å². The van der Waals surface area contributed by atoms with Gasteiger partial charge in [-0.25, -0.2) is 0 Å². The van der Waals surface area contributed by atoms with Crippen molar-refractivity contribution in [1.29, 1.82) is 0 Å². The summed E-state index contributed by atoms with van der Waals surface area (Å²) in [6.07, 6.45) is 0.799. The van der Waals surface area contributed by atoms with Crippen molar-refractivity contribution in [1.82, 2.24) is 5.32 Å². The van der Waals surface area contributed by atoms with Crippen molar-refractivity contribution in [3.8, 4) is 23.0 Å². The molecule has 2 N–H and O–H groups in total. The molecule has 2 aromatic rings. The highest BCUT2D eigenvalue weighted by atomic mass is 16.5. The summed E-state index contributed by atoms with van der Waals surface area (Å²) in [6.45, 7) is 0.241.